The van der Waals surface area contributed by atoms with Crippen LogP contribution in [0.4, 0.5) is 0 Å². The lowest BCUT2D eigenvalue weighted by Crippen LogP contribution is -2.37. The van der Waals surface area contributed by atoms with Crippen molar-refractivity contribution in [2.24, 2.45) is 0 Å². The van der Waals surface area contributed by atoms with Crippen LogP contribution in [0.3, 0.4) is 0 Å². The van der Waals surface area contributed by atoms with Crippen molar-refractivity contribution in [2.45, 2.75) is 19.5 Å². The predicted molar refractivity (Wildman–Crippen MR) is 81.3 cm³/mol. The molecule has 1 amide bonds. The van der Waals surface area contributed by atoms with Crippen molar-refractivity contribution in [2.75, 3.05) is 13.2 Å². The summed E-state index contributed by atoms with van der Waals surface area (Å²) < 4.78 is 5.64. The third-order valence-electron chi connectivity index (χ3n) is 3.48. The standard InChI is InChI=1S/C16H18N4O2/c1-11-17-7-6-12(20-11)10-19-16(21)15-13-4-2-3-5-14(13)22-9-8-18-15/h2-7,15,18H,8-10H2,1H3,(H,19,21). The van der Waals surface area contributed by atoms with Crippen molar-refractivity contribution in [3.8, 4) is 5.75 Å². The van der Waals surface area contributed by atoms with Gasteiger partial charge in [0.2, 0.25) is 5.91 Å². The highest BCUT2D eigenvalue weighted by atomic mass is 16.5. The van der Waals surface area contributed by atoms with Crippen LogP contribution in [0.1, 0.15) is 23.1 Å². The van der Waals surface area contributed by atoms with Gasteiger partial charge in [-0.15, -0.1) is 0 Å². The maximum Gasteiger partial charge on any atom is 0.242 e. The van der Waals surface area contributed by atoms with Gasteiger partial charge in [-0.25, -0.2) is 9.97 Å². The molecule has 1 aromatic heterocycles. The normalized spacial score (nSPS) is 17.0. The summed E-state index contributed by atoms with van der Waals surface area (Å²) >= 11 is 0. The minimum atomic E-state index is -0.415. The molecule has 3 rings (SSSR count). The highest BCUT2D eigenvalue weighted by Crippen LogP contribution is 2.26. The Kier molecular flexibility index (Phi) is 4.29. The number of amides is 1. The average molecular weight is 298 g/mol. The highest BCUT2D eigenvalue weighted by molar-refractivity contribution is 5.84. The number of aryl methyl sites for hydroxylation is 1. The van der Waals surface area contributed by atoms with Crippen LogP contribution in [0.5, 0.6) is 5.75 Å². The fourth-order valence-electron chi connectivity index (χ4n) is 2.44. The molecular formula is C16H18N4O2. The van der Waals surface area contributed by atoms with E-state index in [1.807, 2.05) is 31.2 Å². The summed E-state index contributed by atoms with van der Waals surface area (Å²) in [6.07, 6.45) is 1.69. The molecule has 2 heterocycles. The monoisotopic (exact) mass is 298 g/mol. The van der Waals surface area contributed by atoms with Gasteiger partial charge < -0.3 is 10.1 Å². The van der Waals surface area contributed by atoms with Crippen LogP contribution < -0.4 is 15.4 Å². The summed E-state index contributed by atoms with van der Waals surface area (Å²) in [4.78, 5) is 20.8. The van der Waals surface area contributed by atoms with Gasteiger partial charge in [-0.05, 0) is 19.1 Å². The van der Waals surface area contributed by atoms with E-state index < -0.39 is 6.04 Å². The molecule has 0 saturated heterocycles. The Hall–Kier alpha value is -2.47. The molecule has 22 heavy (non-hydrogen) atoms. The first kappa shape index (κ1) is 14.5. The predicted octanol–water partition coefficient (Wildman–Crippen LogP) is 1.12. The molecule has 114 valence electrons. The fourth-order valence-corrected chi connectivity index (χ4v) is 2.44. The first-order valence-electron chi connectivity index (χ1n) is 7.25. The minimum Gasteiger partial charge on any atom is -0.492 e. The second-order valence-electron chi connectivity index (χ2n) is 5.09. The zero-order valence-corrected chi connectivity index (χ0v) is 12.4. The molecule has 0 radical (unpaired) electrons. The number of carbonyl (C=O) groups is 1. The maximum atomic E-state index is 12.5. The van der Waals surface area contributed by atoms with E-state index in [1.54, 1.807) is 12.3 Å². The van der Waals surface area contributed by atoms with Crippen molar-refractivity contribution in [3.63, 3.8) is 0 Å². The van der Waals surface area contributed by atoms with Gasteiger partial charge in [0, 0.05) is 18.3 Å². The van der Waals surface area contributed by atoms with Gasteiger partial charge in [-0.1, -0.05) is 18.2 Å². The van der Waals surface area contributed by atoms with Gasteiger partial charge in [-0.2, -0.15) is 0 Å². The number of fused-ring (bicyclic) bond motifs is 1. The van der Waals surface area contributed by atoms with E-state index in [2.05, 4.69) is 20.6 Å². The smallest absolute Gasteiger partial charge is 0.242 e. The molecule has 1 aromatic carbocycles. The number of ether oxygens (including phenoxy) is 1. The van der Waals surface area contributed by atoms with Crippen molar-refractivity contribution >= 4 is 5.91 Å². The van der Waals surface area contributed by atoms with Crippen LogP contribution in [0.2, 0.25) is 0 Å². The fraction of sp³-hybridized carbons (Fsp3) is 0.312. The molecule has 1 aliphatic rings. The van der Waals surface area contributed by atoms with Crippen LogP contribution in [0.15, 0.2) is 36.5 Å². The molecule has 2 aromatic rings. The molecule has 1 unspecified atom stereocenters. The van der Waals surface area contributed by atoms with Crippen molar-refractivity contribution in [1.82, 2.24) is 20.6 Å². The van der Waals surface area contributed by atoms with Gasteiger partial charge in [0.25, 0.3) is 0 Å². The van der Waals surface area contributed by atoms with Crippen molar-refractivity contribution in [3.05, 3.63) is 53.6 Å². The molecule has 0 aliphatic carbocycles. The molecule has 2 N–H and O–H groups in total. The second kappa shape index (κ2) is 6.53. The molecule has 6 heteroatoms. The van der Waals surface area contributed by atoms with E-state index in [0.29, 0.717) is 25.5 Å². The highest BCUT2D eigenvalue weighted by Gasteiger charge is 2.25. The van der Waals surface area contributed by atoms with Crippen molar-refractivity contribution < 1.29 is 9.53 Å². The van der Waals surface area contributed by atoms with E-state index in [-0.39, 0.29) is 5.91 Å². The SMILES string of the molecule is Cc1nccc(CNC(=O)C2NCCOc3ccccc32)n1. The summed E-state index contributed by atoms with van der Waals surface area (Å²) in [6, 6.07) is 8.99. The van der Waals surface area contributed by atoms with Gasteiger partial charge in [-0.3, -0.25) is 10.1 Å². The second-order valence-corrected chi connectivity index (χ2v) is 5.09. The average Bonchev–Trinajstić information content (AvgIpc) is 2.75. The Labute approximate surface area is 128 Å². The Balaban J connectivity index is 1.72. The number of nitrogens with zero attached hydrogens (tertiary/aromatic N) is 2. The molecular weight excluding hydrogens is 280 g/mol. The van der Waals surface area contributed by atoms with Crippen LogP contribution in [0, 0.1) is 6.92 Å². The third-order valence-corrected chi connectivity index (χ3v) is 3.48. The number of carbonyl (C=O) groups excluding carboxylic acids is 1. The number of hydrogen-bond acceptors (Lipinski definition) is 5. The molecule has 0 spiro atoms. The summed E-state index contributed by atoms with van der Waals surface area (Å²) in [5.74, 6) is 1.36. The Morgan fingerprint density at radius 2 is 2.27 bits per heavy atom. The topological polar surface area (TPSA) is 76.1 Å². The lowest BCUT2D eigenvalue weighted by Gasteiger charge is -2.17. The number of nitrogens with one attached hydrogen (secondary N) is 2. The first-order valence-corrected chi connectivity index (χ1v) is 7.25. The Morgan fingerprint density at radius 3 is 3.14 bits per heavy atom. The van der Waals surface area contributed by atoms with Crippen LogP contribution in [0.25, 0.3) is 0 Å². The van der Waals surface area contributed by atoms with E-state index in [0.717, 1.165) is 17.0 Å². The number of benzene rings is 1. The van der Waals surface area contributed by atoms with Crippen LogP contribution in [-0.4, -0.2) is 29.0 Å². The summed E-state index contributed by atoms with van der Waals surface area (Å²) in [6.45, 7) is 3.38. The number of para-hydroxylation sites is 1. The molecule has 0 saturated carbocycles. The maximum absolute atomic E-state index is 12.5. The lowest BCUT2D eigenvalue weighted by molar-refractivity contribution is -0.123. The van der Waals surface area contributed by atoms with E-state index in [9.17, 15) is 4.79 Å². The lowest BCUT2D eigenvalue weighted by atomic mass is 10.1. The van der Waals surface area contributed by atoms with Gasteiger partial charge in [0.1, 0.15) is 24.2 Å². The van der Waals surface area contributed by atoms with Crippen LogP contribution in [-0.2, 0) is 11.3 Å². The molecule has 1 aliphatic heterocycles. The van der Waals surface area contributed by atoms with E-state index in [1.165, 1.54) is 0 Å². The zero-order chi connectivity index (χ0) is 15.4. The van der Waals surface area contributed by atoms with E-state index >= 15 is 0 Å². The molecule has 0 fully saturated rings. The van der Waals surface area contributed by atoms with Crippen LogP contribution >= 0.6 is 0 Å². The van der Waals surface area contributed by atoms with E-state index in [4.69, 9.17) is 4.74 Å². The Morgan fingerprint density at radius 1 is 1.41 bits per heavy atom. The minimum absolute atomic E-state index is 0.0887. The van der Waals surface area contributed by atoms with Gasteiger partial charge in [0.15, 0.2) is 0 Å². The summed E-state index contributed by atoms with van der Waals surface area (Å²) in [5, 5.41) is 6.13. The number of hydrogen-bond donors (Lipinski definition) is 2. The van der Waals surface area contributed by atoms with Gasteiger partial charge in [0.05, 0.1) is 12.2 Å². The summed E-state index contributed by atoms with van der Waals surface area (Å²) in [7, 11) is 0. The quantitative estimate of drug-likeness (QED) is 0.888. The zero-order valence-electron chi connectivity index (χ0n) is 12.4. The third kappa shape index (κ3) is 3.23. The number of aromatic nitrogens is 2. The first-order chi connectivity index (χ1) is 10.7. The van der Waals surface area contributed by atoms with Crippen molar-refractivity contribution in [1.29, 1.82) is 0 Å². The molecule has 6 nitrogen and oxygen atoms in total. The number of rotatable bonds is 3. The summed E-state index contributed by atoms with van der Waals surface area (Å²) in [5.41, 5.74) is 1.65. The van der Waals surface area contributed by atoms with Gasteiger partial charge >= 0.3 is 0 Å². The Bertz CT molecular complexity index is 675. The largest absolute Gasteiger partial charge is 0.492 e. The molecule has 0 bridgehead atoms. The molecule has 1 atom stereocenters.